The molecule has 32 heavy (non-hydrogen) atoms. The number of nitro benzene ring substituents is 1. The standard InChI is InChI=1S/C23H28BrN3O4S/c1-4-16(2)25-23(29)17(3)26(13-18-5-9-20(24)10-6-18)22(28)15-32-14-19-7-11-21(12-8-19)27(30)31/h5-12,16-17H,4,13-15H2,1-3H3,(H,25,29)/t16-,17+/m0/s1. The fraction of sp³-hybridized carbons (Fsp3) is 0.391. The van der Waals surface area contributed by atoms with E-state index in [1.807, 2.05) is 38.1 Å². The monoisotopic (exact) mass is 521 g/mol. The van der Waals surface area contributed by atoms with E-state index in [9.17, 15) is 19.7 Å². The molecule has 1 N–H and O–H groups in total. The van der Waals surface area contributed by atoms with Crippen molar-refractivity contribution in [2.24, 2.45) is 0 Å². The molecule has 0 saturated carbocycles. The zero-order valence-corrected chi connectivity index (χ0v) is 20.8. The molecule has 2 aromatic carbocycles. The molecule has 9 heteroatoms. The molecule has 172 valence electrons. The molecule has 0 aromatic heterocycles. The Morgan fingerprint density at radius 3 is 2.25 bits per heavy atom. The fourth-order valence-electron chi connectivity index (χ4n) is 2.89. The summed E-state index contributed by atoms with van der Waals surface area (Å²) in [6.45, 7) is 6.01. The number of nitrogens with zero attached hydrogens (tertiary/aromatic N) is 2. The summed E-state index contributed by atoms with van der Waals surface area (Å²) < 4.78 is 0.945. The number of benzene rings is 2. The number of carbonyl (C=O) groups excluding carboxylic acids is 2. The highest BCUT2D eigenvalue weighted by Gasteiger charge is 2.26. The van der Waals surface area contributed by atoms with E-state index in [0.29, 0.717) is 12.3 Å². The zero-order chi connectivity index (χ0) is 23.7. The number of hydrogen-bond donors (Lipinski definition) is 1. The number of non-ortho nitro benzene ring substituents is 1. The van der Waals surface area contributed by atoms with E-state index in [2.05, 4.69) is 21.2 Å². The predicted octanol–water partition coefficient (Wildman–Crippen LogP) is 4.92. The molecule has 2 amide bonds. The van der Waals surface area contributed by atoms with Crippen molar-refractivity contribution < 1.29 is 14.5 Å². The van der Waals surface area contributed by atoms with Crippen LogP contribution in [-0.2, 0) is 21.9 Å². The first-order valence-corrected chi connectivity index (χ1v) is 12.3. The van der Waals surface area contributed by atoms with E-state index in [0.717, 1.165) is 22.0 Å². The molecule has 0 saturated heterocycles. The van der Waals surface area contributed by atoms with Gasteiger partial charge in [0.05, 0.1) is 10.7 Å². The van der Waals surface area contributed by atoms with E-state index < -0.39 is 11.0 Å². The third-order valence-corrected chi connectivity index (χ3v) is 6.59. The highest BCUT2D eigenvalue weighted by atomic mass is 79.9. The molecule has 0 fully saturated rings. The maximum absolute atomic E-state index is 13.1. The summed E-state index contributed by atoms with van der Waals surface area (Å²) >= 11 is 4.83. The Morgan fingerprint density at radius 1 is 1.09 bits per heavy atom. The first kappa shape index (κ1) is 25.9. The molecule has 2 atom stereocenters. The first-order chi connectivity index (χ1) is 15.2. The minimum Gasteiger partial charge on any atom is -0.352 e. The lowest BCUT2D eigenvalue weighted by molar-refractivity contribution is -0.384. The van der Waals surface area contributed by atoms with Gasteiger partial charge in [0, 0.05) is 34.9 Å². The van der Waals surface area contributed by atoms with Crippen LogP contribution >= 0.6 is 27.7 Å². The van der Waals surface area contributed by atoms with Crippen LogP contribution in [0.15, 0.2) is 53.0 Å². The third kappa shape index (κ3) is 7.94. The Bertz CT molecular complexity index is 922. The molecule has 0 aliphatic heterocycles. The summed E-state index contributed by atoms with van der Waals surface area (Å²) in [6.07, 6.45) is 0.810. The molecule has 2 aromatic rings. The molecule has 0 unspecified atom stereocenters. The van der Waals surface area contributed by atoms with Crippen molar-refractivity contribution in [1.82, 2.24) is 10.2 Å². The largest absolute Gasteiger partial charge is 0.352 e. The number of hydrogen-bond acceptors (Lipinski definition) is 5. The summed E-state index contributed by atoms with van der Waals surface area (Å²) in [6, 6.07) is 13.4. The van der Waals surface area contributed by atoms with Crippen molar-refractivity contribution in [2.75, 3.05) is 5.75 Å². The van der Waals surface area contributed by atoms with Crippen molar-refractivity contribution in [3.05, 3.63) is 74.2 Å². The number of nitro groups is 1. The van der Waals surface area contributed by atoms with Crippen LogP contribution in [0.3, 0.4) is 0 Å². The van der Waals surface area contributed by atoms with Crippen LogP contribution < -0.4 is 5.32 Å². The number of thioether (sulfide) groups is 1. The SMILES string of the molecule is CC[C@H](C)NC(=O)[C@@H](C)N(Cc1ccc(Br)cc1)C(=O)CSCc1ccc([N+](=O)[O-])cc1. The number of amides is 2. The maximum atomic E-state index is 13.1. The van der Waals surface area contributed by atoms with Crippen LogP contribution in [0.2, 0.25) is 0 Å². The molecule has 0 bridgehead atoms. The van der Waals surface area contributed by atoms with Crippen LogP contribution in [-0.4, -0.2) is 39.5 Å². The summed E-state index contributed by atoms with van der Waals surface area (Å²) in [5.41, 5.74) is 1.87. The first-order valence-electron chi connectivity index (χ1n) is 10.4. The lowest BCUT2D eigenvalue weighted by Crippen LogP contribution is -2.50. The van der Waals surface area contributed by atoms with Gasteiger partial charge in [0.1, 0.15) is 6.04 Å². The maximum Gasteiger partial charge on any atom is 0.269 e. The second-order valence-electron chi connectivity index (χ2n) is 7.56. The highest BCUT2D eigenvalue weighted by molar-refractivity contribution is 9.10. The molecular weight excluding hydrogens is 494 g/mol. The van der Waals surface area contributed by atoms with Gasteiger partial charge in [0.2, 0.25) is 11.8 Å². The average Bonchev–Trinajstić information content (AvgIpc) is 2.78. The second kappa shape index (κ2) is 12.6. The normalized spacial score (nSPS) is 12.6. The smallest absolute Gasteiger partial charge is 0.269 e. The zero-order valence-electron chi connectivity index (χ0n) is 18.4. The van der Waals surface area contributed by atoms with Crippen molar-refractivity contribution in [1.29, 1.82) is 0 Å². The van der Waals surface area contributed by atoms with E-state index in [4.69, 9.17) is 0 Å². The topological polar surface area (TPSA) is 92.6 Å². The van der Waals surface area contributed by atoms with E-state index in [-0.39, 0.29) is 29.3 Å². The molecule has 0 radical (unpaired) electrons. The molecule has 7 nitrogen and oxygen atoms in total. The van der Waals surface area contributed by atoms with Crippen LogP contribution in [0, 0.1) is 10.1 Å². The van der Waals surface area contributed by atoms with Gasteiger partial charge in [-0.3, -0.25) is 19.7 Å². The Labute approximate surface area is 201 Å². The number of halogens is 1. The van der Waals surface area contributed by atoms with Crippen molar-refractivity contribution in [3.63, 3.8) is 0 Å². The Balaban J connectivity index is 2.05. The van der Waals surface area contributed by atoms with Gasteiger partial charge in [0.15, 0.2) is 0 Å². The average molecular weight is 522 g/mol. The predicted molar refractivity (Wildman–Crippen MR) is 131 cm³/mol. The molecular formula is C23H28BrN3O4S. The summed E-state index contributed by atoms with van der Waals surface area (Å²) in [5, 5.41) is 13.7. The second-order valence-corrected chi connectivity index (χ2v) is 9.46. The van der Waals surface area contributed by atoms with Crippen LogP contribution in [0.4, 0.5) is 5.69 Å². The molecule has 0 heterocycles. The Kier molecular flexibility index (Phi) is 10.2. The van der Waals surface area contributed by atoms with Crippen molar-refractivity contribution in [3.8, 4) is 0 Å². The molecule has 2 rings (SSSR count). The lowest BCUT2D eigenvalue weighted by Gasteiger charge is -2.29. The van der Waals surface area contributed by atoms with Gasteiger partial charge in [-0.05, 0) is 43.5 Å². The van der Waals surface area contributed by atoms with Gasteiger partial charge in [-0.2, -0.15) is 0 Å². The summed E-state index contributed by atoms with van der Waals surface area (Å²) in [4.78, 5) is 37.7. The van der Waals surface area contributed by atoms with Crippen LogP contribution in [0.25, 0.3) is 0 Å². The van der Waals surface area contributed by atoms with E-state index in [1.54, 1.807) is 24.0 Å². The third-order valence-electron chi connectivity index (χ3n) is 5.08. The Hall–Kier alpha value is -2.39. The number of rotatable bonds is 11. The van der Waals surface area contributed by atoms with Gasteiger partial charge in [-0.15, -0.1) is 11.8 Å². The van der Waals surface area contributed by atoms with Crippen molar-refractivity contribution in [2.45, 2.75) is 51.6 Å². The van der Waals surface area contributed by atoms with Crippen LogP contribution in [0.5, 0.6) is 0 Å². The molecule has 0 spiro atoms. The van der Waals surface area contributed by atoms with Crippen molar-refractivity contribution >= 4 is 45.2 Å². The fourth-order valence-corrected chi connectivity index (χ4v) is 4.02. The quantitative estimate of drug-likeness (QED) is 0.334. The van der Waals surface area contributed by atoms with Gasteiger partial charge in [0.25, 0.3) is 5.69 Å². The minimum absolute atomic E-state index is 0.0334. The lowest BCUT2D eigenvalue weighted by atomic mass is 10.1. The van der Waals surface area contributed by atoms with E-state index >= 15 is 0 Å². The van der Waals surface area contributed by atoms with Gasteiger partial charge >= 0.3 is 0 Å². The minimum atomic E-state index is -0.611. The highest BCUT2D eigenvalue weighted by Crippen LogP contribution is 2.19. The number of carbonyl (C=O) groups is 2. The summed E-state index contributed by atoms with van der Waals surface area (Å²) in [5.74, 6) is 0.439. The Morgan fingerprint density at radius 2 is 1.69 bits per heavy atom. The van der Waals surface area contributed by atoms with Crippen LogP contribution in [0.1, 0.15) is 38.3 Å². The van der Waals surface area contributed by atoms with Gasteiger partial charge in [-0.25, -0.2) is 0 Å². The number of nitrogens with one attached hydrogen (secondary N) is 1. The van der Waals surface area contributed by atoms with E-state index in [1.165, 1.54) is 23.9 Å². The van der Waals surface area contributed by atoms with Gasteiger partial charge in [-0.1, -0.05) is 47.1 Å². The summed E-state index contributed by atoms with van der Waals surface area (Å²) in [7, 11) is 0. The van der Waals surface area contributed by atoms with Gasteiger partial charge < -0.3 is 10.2 Å². The molecule has 0 aliphatic rings. The molecule has 0 aliphatic carbocycles.